The smallest absolute Gasteiger partial charge is 0.314 e. The first kappa shape index (κ1) is 24.2. The molecule has 4 aliphatic carbocycles. The molecule has 186 valence electrons. The molecule has 0 bridgehead atoms. The molecular formula is C31H38O4. The quantitative estimate of drug-likeness (QED) is 0.466. The molecule has 0 aromatic heterocycles. The summed E-state index contributed by atoms with van der Waals surface area (Å²) in [5.74, 6) is 0.631. The molecule has 35 heavy (non-hydrogen) atoms. The number of Topliss-reactive ketones (excluding diaryl/α,β-unsaturated/α-hetero) is 1. The summed E-state index contributed by atoms with van der Waals surface area (Å²) in [7, 11) is 0. The second-order valence-corrected chi connectivity index (χ2v) is 11.8. The van der Waals surface area contributed by atoms with Gasteiger partial charge in [0.2, 0.25) is 0 Å². The van der Waals surface area contributed by atoms with Crippen molar-refractivity contribution in [3.63, 3.8) is 0 Å². The number of fused-ring (bicyclic) bond motifs is 5. The highest BCUT2D eigenvalue weighted by Gasteiger charge is 2.67. The Hall–Kier alpha value is -2.49. The predicted octanol–water partition coefficient (Wildman–Crippen LogP) is 6.36. The van der Waals surface area contributed by atoms with Crippen molar-refractivity contribution in [2.75, 3.05) is 0 Å². The fourth-order valence-corrected chi connectivity index (χ4v) is 8.28. The van der Waals surface area contributed by atoms with Crippen LogP contribution in [0.5, 0.6) is 0 Å². The van der Waals surface area contributed by atoms with Crippen LogP contribution in [0.1, 0.15) is 84.1 Å². The largest absolute Gasteiger partial charge is 0.450 e. The zero-order chi connectivity index (χ0) is 25.0. The number of esters is 1. The Balaban J connectivity index is 1.47. The Bertz CT molecular complexity index is 1100. The lowest BCUT2D eigenvalue weighted by molar-refractivity contribution is -0.188. The average Bonchev–Trinajstić information content (AvgIpc) is 3.14. The van der Waals surface area contributed by atoms with E-state index in [1.807, 2.05) is 43.3 Å². The molecular weight excluding hydrogens is 436 g/mol. The molecule has 4 aliphatic rings. The van der Waals surface area contributed by atoms with E-state index in [1.54, 1.807) is 6.92 Å². The van der Waals surface area contributed by atoms with Gasteiger partial charge in [-0.2, -0.15) is 0 Å². The summed E-state index contributed by atoms with van der Waals surface area (Å²) in [6, 6.07) is 9.76. The highest BCUT2D eigenvalue weighted by Crippen LogP contribution is 2.67. The monoisotopic (exact) mass is 474 g/mol. The number of ketones is 2. The van der Waals surface area contributed by atoms with E-state index in [0.717, 1.165) is 31.2 Å². The van der Waals surface area contributed by atoms with Gasteiger partial charge in [-0.1, -0.05) is 63.3 Å². The molecule has 1 aromatic rings. The van der Waals surface area contributed by atoms with Gasteiger partial charge >= 0.3 is 5.97 Å². The van der Waals surface area contributed by atoms with Crippen molar-refractivity contribution in [3.05, 3.63) is 59.7 Å². The van der Waals surface area contributed by atoms with E-state index < -0.39 is 11.0 Å². The Morgan fingerprint density at radius 1 is 1.06 bits per heavy atom. The standard InChI is InChI=1S/C31H38O4/c1-5-24(21-9-7-6-8-10-21)28(34)35-31(20(2)32)18-15-27-25-12-11-22-19-23(33)13-16-29(22,3)26(25)14-17-30(27,31)4/h6-12,19,24-27H,5,13-18H2,1-4H3/t24-,25+,26-,27-,29+,30-,31-/m1/s1. The lowest BCUT2D eigenvalue weighted by atomic mass is 9.48. The minimum absolute atomic E-state index is 0.00736. The van der Waals surface area contributed by atoms with Crippen molar-refractivity contribution in [2.24, 2.45) is 28.6 Å². The second-order valence-electron chi connectivity index (χ2n) is 11.8. The molecule has 0 aliphatic heterocycles. The lowest BCUT2D eigenvalue weighted by Gasteiger charge is -2.57. The van der Waals surface area contributed by atoms with Crippen molar-refractivity contribution in [1.29, 1.82) is 0 Å². The van der Waals surface area contributed by atoms with Crippen molar-refractivity contribution >= 4 is 17.5 Å². The maximum absolute atomic E-state index is 13.6. The van der Waals surface area contributed by atoms with Crippen LogP contribution >= 0.6 is 0 Å². The van der Waals surface area contributed by atoms with E-state index in [-0.39, 0.29) is 34.8 Å². The van der Waals surface area contributed by atoms with Gasteiger partial charge in [0.1, 0.15) is 0 Å². The van der Waals surface area contributed by atoms with Crippen LogP contribution in [-0.4, -0.2) is 23.1 Å². The molecule has 0 radical (unpaired) electrons. The molecule has 5 rings (SSSR count). The molecule has 0 amide bonds. The maximum Gasteiger partial charge on any atom is 0.314 e. The fraction of sp³-hybridized carbons (Fsp3) is 0.581. The molecule has 7 atom stereocenters. The third-order valence-electron chi connectivity index (χ3n) is 10.4. The van der Waals surface area contributed by atoms with Crippen LogP contribution in [-0.2, 0) is 19.1 Å². The van der Waals surface area contributed by atoms with Crippen molar-refractivity contribution in [3.8, 4) is 0 Å². The SMILES string of the molecule is CC[C@@H](C(=O)O[C@@]1(C(C)=O)CC[C@@H]2[C@H]3C=CC4=CC(=O)CC[C@]4(C)[C@@H]3CC[C@]21C)c1ccccc1. The summed E-state index contributed by atoms with van der Waals surface area (Å²) >= 11 is 0. The Kier molecular flexibility index (Phi) is 5.93. The van der Waals surface area contributed by atoms with Gasteiger partial charge in [-0.15, -0.1) is 0 Å². The zero-order valence-electron chi connectivity index (χ0n) is 21.5. The predicted molar refractivity (Wildman–Crippen MR) is 136 cm³/mol. The summed E-state index contributed by atoms with van der Waals surface area (Å²) in [6.07, 6.45) is 11.8. The fourth-order valence-electron chi connectivity index (χ4n) is 8.28. The molecule has 1 aromatic carbocycles. The maximum atomic E-state index is 13.6. The average molecular weight is 475 g/mol. The molecule has 0 saturated heterocycles. The number of carbonyl (C=O) groups is 3. The van der Waals surface area contributed by atoms with Crippen LogP contribution in [0.15, 0.2) is 54.1 Å². The van der Waals surface area contributed by atoms with Gasteiger partial charge in [0.05, 0.1) is 5.92 Å². The molecule has 4 nitrogen and oxygen atoms in total. The topological polar surface area (TPSA) is 60.4 Å². The van der Waals surface area contributed by atoms with Gasteiger partial charge < -0.3 is 4.74 Å². The van der Waals surface area contributed by atoms with Gasteiger partial charge in [-0.05, 0) is 85.8 Å². The highest BCUT2D eigenvalue weighted by molar-refractivity contribution is 5.92. The van der Waals surface area contributed by atoms with Gasteiger partial charge in [-0.3, -0.25) is 14.4 Å². The van der Waals surface area contributed by atoms with Gasteiger partial charge in [0.15, 0.2) is 17.2 Å². The number of carbonyl (C=O) groups excluding carboxylic acids is 3. The van der Waals surface area contributed by atoms with Crippen molar-refractivity contribution in [2.45, 2.75) is 84.2 Å². The van der Waals surface area contributed by atoms with Crippen LogP contribution in [0, 0.1) is 28.6 Å². The summed E-state index contributed by atoms with van der Waals surface area (Å²) in [4.78, 5) is 39.0. The number of hydrogen-bond donors (Lipinski definition) is 0. The van der Waals surface area contributed by atoms with Crippen LogP contribution in [0.25, 0.3) is 0 Å². The molecule has 0 unspecified atom stereocenters. The van der Waals surface area contributed by atoms with Gasteiger partial charge in [0.25, 0.3) is 0 Å². The molecule has 0 spiro atoms. The van der Waals surface area contributed by atoms with Crippen LogP contribution in [0.2, 0.25) is 0 Å². The normalized spacial score (nSPS) is 38.6. The first-order valence-electron chi connectivity index (χ1n) is 13.4. The number of hydrogen-bond acceptors (Lipinski definition) is 4. The van der Waals surface area contributed by atoms with Gasteiger partial charge in [0, 0.05) is 11.8 Å². The first-order chi connectivity index (χ1) is 16.7. The number of rotatable bonds is 5. The number of allylic oxidation sites excluding steroid dienone is 4. The third-order valence-corrected chi connectivity index (χ3v) is 10.4. The number of ether oxygens (including phenoxy) is 1. The minimum atomic E-state index is -1.07. The molecule has 4 heteroatoms. The molecule has 2 fully saturated rings. The van der Waals surface area contributed by atoms with E-state index >= 15 is 0 Å². The molecule has 0 heterocycles. The van der Waals surface area contributed by atoms with E-state index in [2.05, 4.69) is 26.0 Å². The number of benzene rings is 1. The van der Waals surface area contributed by atoms with Crippen molar-refractivity contribution < 1.29 is 19.1 Å². The van der Waals surface area contributed by atoms with E-state index in [0.29, 0.717) is 31.1 Å². The third kappa shape index (κ3) is 3.50. The van der Waals surface area contributed by atoms with Crippen molar-refractivity contribution in [1.82, 2.24) is 0 Å². The minimum Gasteiger partial charge on any atom is -0.450 e. The Morgan fingerprint density at radius 3 is 2.46 bits per heavy atom. The summed E-state index contributed by atoms with van der Waals surface area (Å²) < 4.78 is 6.40. The lowest BCUT2D eigenvalue weighted by Crippen LogP contribution is -2.58. The molecule has 0 N–H and O–H groups in total. The van der Waals surface area contributed by atoms with Crippen LogP contribution in [0.3, 0.4) is 0 Å². The molecule has 2 saturated carbocycles. The van der Waals surface area contributed by atoms with E-state index in [1.165, 1.54) is 5.57 Å². The Labute approximate surface area is 209 Å². The van der Waals surface area contributed by atoms with E-state index in [9.17, 15) is 14.4 Å². The second kappa shape index (κ2) is 8.57. The zero-order valence-corrected chi connectivity index (χ0v) is 21.5. The van der Waals surface area contributed by atoms with E-state index in [4.69, 9.17) is 4.74 Å². The summed E-state index contributed by atoms with van der Waals surface area (Å²) in [6.45, 7) is 8.14. The summed E-state index contributed by atoms with van der Waals surface area (Å²) in [5.41, 5.74) is 0.658. The van der Waals surface area contributed by atoms with Crippen LogP contribution in [0.4, 0.5) is 0 Å². The van der Waals surface area contributed by atoms with Gasteiger partial charge in [-0.25, -0.2) is 0 Å². The Morgan fingerprint density at radius 2 is 1.77 bits per heavy atom. The van der Waals surface area contributed by atoms with Crippen LogP contribution < -0.4 is 0 Å². The highest BCUT2D eigenvalue weighted by atomic mass is 16.6. The first-order valence-corrected chi connectivity index (χ1v) is 13.4. The summed E-state index contributed by atoms with van der Waals surface area (Å²) in [5, 5.41) is 0.